The number of nitrogens with zero attached hydrogens (tertiary/aromatic N) is 2. The van der Waals surface area contributed by atoms with E-state index in [0.29, 0.717) is 12.6 Å². The molecule has 2 heterocycles. The van der Waals surface area contributed by atoms with Crippen molar-refractivity contribution < 1.29 is 13.9 Å². The second-order valence-electron chi connectivity index (χ2n) is 3.83. The molecule has 0 aliphatic carbocycles. The second kappa shape index (κ2) is 6.38. The van der Waals surface area contributed by atoms with Crippen molar-refractivity contribution in [3.8, 4) is 0 Å². The number of oxazole rings is 1. The maximum Gasteiger partial charge on any atom is 0.360 e. The summed E-state index contributed by atoms with van der Waals surface area (Å²) in [5, 5.41) is 2.03. The average Bonchev–Trinajstić information content (AvgIpc) is 3.07. The summed E-state index contributed by atoms with van der Waals surface area (Å²) < 4.78 is 10.2. The van der Waals surface area contributed by atoms with E-state index >= 15 is 0 Å². The fourth-order valence-electron chi connectivity index (χ4n) is 1.61. The van der Waals surface area contributed by atoms with Crippen LogP contribution in [0.25, 0.3) is 0 Å². The summed E-state index contributed by atoms with van der Waals surface area (Å²) in [6, 6.07) is 4.51. The molecule has 0 spiro atoms. The molecule has 0 fully saturated rings. The van der Waals surface area contributed by atoms with Crippen molar-refractivity contribution in [1.82, 2.24) is 4.98 Å². The molecule has 0 N–H and O–H groups in total. The number of thiophene rings is 1. The normalized spacial score (nSPS) is 10.4. The van der Waals surface area contributed by atoms with Crippen molar-refractivity contribution in [3.05, 3.63) is 34.3 Å². The zero-order chi connectivity index (χ0) is 13.7. The Morgan fingerprint density at radius 3 is 3.00 bits per heavy atom. The van der Waals surface area contributed by atoms with Crippen molar-refractivity contribution in [2.45, 2.75) is 20.4 Å². The molecule has 0 unspecified atom stereocenters. The molecule has 102 valence electrons. The Kier molecular flexibility index (Phi) is 4.57. The highest BCUT2D eigenvalue weighted by Crippen LogP contribution is 2.19. The summed E-state index contributed by atoms with van der Waals surface area (Å²) in [7, 11) is 0. The van der Waals surface area contributed by atoms with E-state index in [1.165, 1.54) is 11.1 Å². The maximum atomic E-state index is 11.5. The van der Waals surface area contributed by atoms with Gasteiger partial charge in [-0.05, 0) is 25.3 Å². The summed E-state index contributed by atoms with van der Waals surface area (Å²) >= 11 is 1.68. The van der Waals surface area contributed by atoms with E-state index < -0.39 is 5.97 Å². The molecule has 0 atom stereocenters. The molecule has 0 bridgehead atoms. The molecule has 0 saturated carbocycles. The average molecular weight is 280 g/mol. The Bertz CT molecular complexity index is 522. The van der Waals surface area contributed by atoms with Crippen LogP contribution in [0.3, 0.4) is 0 Å². The summed E-state index contributed by atoms with van der Waals surface area (Å²) in [5.74, 6) is -0.454. The third-order valence-electron chi connectivity index (χ3n) is 2.56. The topological polar surface area (TPSA) is 55.6 Å². The third kappa shape index (κ3) is 3.35. The van der Waals surface area contributed by atoms with Crippen molar-refractivity contribution in [2.75, 3.05) is 18.1 Å². The minimum atomic E-state index is -0.454. The van der Waals surface area contributed by atoms with Gasteiger partial charge in [0.25, 0.3) is 6.01 Å². The lowest BCUT2D eigenvalue weighted by atomic mass is 10.4. The monoisotopic (exact) mass is 280 g/mol. The molecule has 0 radical (unpaired) electrons. The van der Waals surface area contributed by atoms with Gasteiger partial charge in [0.05, 0.1) is 13.2 Å². The molecule has 0 aromatic carbocycles. The third-order valence-corrected chi connectivity index (χ3v) is 3.42. The van der Waals surface area contributed by atoms with E-state index in [4.69, 9.17) is 9.15 Å². The van der Waals surface area contributed by atoms with Crippen LogP contribution in [0.2, 0.25) is 0 Å². The van der Waals surface area contributed by atoms with Crippen molar-refractivity contribution in [1.29, 1.82) is 0 Å². The van der Waals surface area contributed by atoms with Crippen LogP contribution in [-0.2, 0) is 11.3 Å². The Morgan fingerprint density at radius 2 is 2.37 bits per heavy atom. The van der Waals surface area contributed by atoms with Crippen molar-refractivity contribution in [2.24, 2.45) is 0 Å². The maximum absolute atomic E-state index is 11.5. The van der Waals surface area contributed by atoms with Gasteiger partial charge in [-0.1, -0.05) is 6.07 Å². The van der Waals surface area contributed by atoms with Crippen molar-refractivity contribution >= 4 is 23.3 Å². The number of rotatable bonds is 6. The van der Waals surface area contributed by atoms with Crippen LogP contribution < -0.4 is 4.90 Å². The van der Waals surface area contributed by atoms with Gasteiger partial charge < -0.3 is 14.1 Å². The first kappa shape index (κ1) is 13.6. The quantitative estimate of drug-likeness (QED) is 0.761. The van der Waals surface area contributed by atoms with Crippen LogP contribution in [-0.4, -0.2) is 24.1 Å². The molecule has 19 heavy (non-hydrogen) atoms. The standard InChI is InChI=1S/C13H16N2O3S/c1-3-15(8-10-6-5-7-19-10)13-14-11(9-18-13)12(16)17-4-2/h5-7,9H,3-4,8H2,1-2H3. The molecule has 0 amide bonds. The van der Waals surface area contributed by atoms with Gasteiger partial charge in [0, 0.05) is 11.4 Å². The molecule has 2 rings (SSSR count). The van der Waals surface area contributed by atoms with Gasteiger partial charge >= 0.3 is 5.97 Å². The van der Waals surface area contributed by atoms with Crippen molar-refractivity contribution in [3.63, 3.8) is 0 Å². The van der Waals surface area contributed by atoms with E-state index in [9.17, 15) is 4.79 Å². The van der Waals surface area contributed by atoms with Crippen LogP contribution in [0.5, 0.6) is 0 Å². The number of carbonyl (C=O) groups excluding carboxylic acids is 1. The van der Waals surface area contributed by atoms with E-state index in [0.717, 1.165) is 13.1 Å². The van der Waals surface area contributed by atoms with E-state index in [1.54, 1.807) is 18.3 Å². The van der Waals surface area contributed by atoms with Gasteiger partial charge in [-0.2, -0.15) is 4.98 Å². The minimum Gasteiger partial charge on any atom is -0.461 e. The lowest BCUT2D eigenvalue weighted by Gasteiger charge is -2.16. The number of anilines is 1. The molecule has 0 aliphatic heterocycles. The van der Waals surface area contributed by atoms with Gasteiger partial charge in [0.2, 0.25) is 0 Å². The fraction of sp³-hybridized carbons (Fsp3) is 0.385. The minimum absolute atomic E-state index is 0.210. The summed E-state index contributed by atoms with van der Waals surface area (Å²) in [6.07, 6.45) is 1.34. The van der Waals surface area contributed by atoms with Crippen LogP contribution in [0, 0.1) is 0 Å². The van der Waals surface area contributed by atoms with Crippen LogP contribution in [0.15, 0.2) is 28.2 Å². The fourth-order valence-corrected chi connectivity index (χ4v) is 2.33. The molecule has 2 aromatic heterocycles. The Hall–Kier alpha value is -1.82. The van der Waals surface area contributed by atoms with E-state index in [2.05, 4.69) is 11.1 Å². The van der Waals surface area contributed by atoms with Crippen LogP contribution in [0.1, 0.15) is 29.2 Å². The van der Waals surface area contributed by atoms with E-state index in [1.807, 2.05) is 23.3 Å². The number of aromatic nitrogens is 1. The summed E-state index contributed by atoms with van der Waals surface area (Å²) in [6.45, 7) is 5.57. The Labute approximate surface area is 115 Å². The number of ether oxygens (including phenoxy) is 1. The lowest BCUT2D eigenvalue weighted by molar-refractivity contribution is 0.0519. The number of hydrogen-bond acceptors (Lipinski definition) is 6. The van der Waals surface area contributed by atoms with Crippen LogP contribution in [0.4, 0.5) is 6.01 Å². The predicted octanol–water partition coefficient (Wildman–Crippen LogP) is 2.94. The number of esters is 1. The molecule has 0 aliphatic rings. The smallest absolute Gasteiger partial charge is 0.360 e. The highest BCUT2D eigenvalue weighted by atomic mass is 32.1. The molecule has 2 aromatic rings. The highest BCUT2D eigenvalue weighted by Gasteiger charge is 2.17. The molecule has 5 nitrogen and oxygen atoms in total. The Balaban J connectivity index is 2.09. The van der Waals surface area contributed by atoms with Gasteiger partial charge in [-0.15, -0.1) is 11.3 Å². The SMILES string of the molecule is CCOC(=O)c1coc(N(CC)Cc2cccs2)n1. The van der Waals surface area contributed by atoms with Gasteiger partial charge in [-0.3, -0.25) is 0 Å². The number of hydrogen-bond donors (Lipinski definition) is 0. The summed E-state index contributed by atoms with van der Waals surface area (Å²) in [4.78, 5) is 18.9. The first-order chi connectivity index (χ1) is 9.24. The first-order valence-electron chi connectivity index (χ1n) is 6.14. The van der Waals surface area contributed by atoms with E-state index in [-0.39, 0.29) is 5.69 Å². The summed E-state index contributed by atoms with van der Waals surface area (Å²) in [5.41, 5.74) is 0.210. The second-order valence-corrected chi connectivity index (χ2v) is 4.86. The molecular formula is C13H16N2O3S. The van der Waals surface area contributed by atoms with Gasteiger partial charge in [0.15, 0.2) is 5.69 Å². The Morgan fingerprint density at radius 1 is 1.53 bits per heavy atom. The van der Waals surface area contributed by atoms with Gasteiger partial charge in [0.1, 0.15) is 6.26 Å². The number of carbonyl (C=O) groups is 1. The lowest BCUT2D eigenvalue weighted by Crippen LogP contribution is -2.22. The van der Waals surface area contributed by atoms with Gasteiger partial charge in [-0.25, -0.2) is 4.79 Å². The molecule has 0 saturated heterocycles. The molecular weight excluding hydrogens is 264 g/mol. The molecule has 6 heteroatoms. The zero-order valence-electron chi connectivity index (χ0n) is 11.0. The predicted molar refractivity (Wildman–Crippen MR) is 73.5 cm³/mol. The zero-order valence-corrected chi connectivity index (χ0v) is 11.8. The first-order valence-corrected chi connectivity index (χ1v) is 7.02. The largest absolute Gasteiger partial charge is 0.461 e. The highest BCUT2D eigenvalue weighted by molar-refractivity contribution is 7.09. The van der Waals surface area contributed by atoms with Crippen LogP contribution >= 0.6 is 11.3 Å².